The second kappa shape index (κ2) is 42.1. The molecule has 5 aromatic rings. The average molecular weight is 2080 g/mol. The Labute approximate surface area is 874 Å². The number of Topliss-reactive ketones (excluding diaryl/α,β-unsaturated/α-hetero) is 5. The van der Waals surface area contributed by atoms with Gasteiger partial charge in [0.1, 0.15) is 89.8 Å². The highest BCUT2D eigenvalue weighted by atomic mass is 32.1. The van der Waals surface area contributed by atoms with E-state index in [1.54, 1.807) is 18.4 Å². The van der Waals surface area contributed by atoms with E-state index in [0.717, 1.165) is 213 Å². The molecule has 0 aromatic carbocycles. The smallest absolute Gasteiger partial charge is 0.390 e. The highest BCUT2D eigenvalue weighted by Crippen LogP contribution is 2.73. The van der Waals surface area contributed by atoms with Gasteiger partial charge in [0.05, 0.1) is 60.5 Å². The number of aromatic amines is 4. The van der Waals surface area contributed by atoms with Crippen molar-refractivity contribution in [3.05, 3.63) is 65.2 Å². The van der Waals surface area contributed by atoms with Crippen molar-refractivity contribution in [1.82, 2.24) is 65.7 Å². The number of carbonyl (C=O) groups excluding carboxylic acids is 5. The Morgan fingerprint density at radius 2 is 0.649 bits per heavy atom. The van der Waals surface area contributed by atoms with E-state index < -0.39 is 47.3 Å². The summed E-state index contributed by atoms with van der Waals surface area (Å²) < 4.78 is 85.6. The molecule has 5 aromatic heterocycles. The summed E-state index contributed by atoms with van der Waals surface area (Å²) in [5, 5.41) is 82.3. The standard InChI is InChI=1S/C24H37N3O3.C24H35NO2S.C23H32F3N3O2.C23H33F2N3O2.C23H34FN3O2/c1-23-9-7-17-16-8-10-24(29,13-30-2)12-15(16)3-4-18(17)19(23)5-6-20(23)21(28)11-22-25-14-26-27-22;1-23(27)9-7-16-15(14-23)3-4-18-17(16)8-10-24(2)19(18)5-6-20(24)21(26)13-22-25-11-12-28-22;1-21-8-6-15-14-7-9-22(31,23(24,25)26)11-13(14)2-3-16(15)17(21)4-5-18(21)19(30)10-20-27-12-28-29-20;1-22-8-6-15-14-7-9-23(30,21(24)25)11-13(14)2-3-16(15)17(22)4-5-18(22)19(29)10-20-26-12-27-28-20;1-22-8-6-16-15-7-9-23(29,12-24)11-14(15)2-3-17(16)18(22)4-5-19(22)20(28)10-21-25-13-26-27-21/h14-20,29H,3-13H2,1-2H3,(H,25,26,27);11-12,15-20,27H,3-10,13-14H2,1-2H3;12-18,31H,2-11H2,1H3,(H,27,28,29);12-18,21,30H,2-11H2,1H3,(H,26,27,28);13-19,29H,2-12H2,1H3,(H,25,26,27)/t15-,16+,17-,18-,19+,20-,23+,24-;15-,16-,17+,18+,19-,20+,23+,24-;13-,14+,15-,16-,17+,18-,21+,22-;13-,14+,15-,16-,17+,18-,22+,23-;14-,15+,16-,17-,18+,19-,22+,23-/m10111/s1. The Bertz CT molecular complexity index is 5370. The van der Waals surface area contributed by atoms with E-state index >= 15 is 0 Å². The van der Waals surface area contributed by atoms with Crippen LogP contribution < -0.4 is 0 Å². The fraction of sp³-hybridized carbons (Fsp3) is 0.863. The minimum Gasteiger partial charge on any atom is -0.390 e. The van der Waals surface area contributed by atoms with Crippen LogP contribution in [-0.2, 0) is 60.8 Å². The second-order valence-corrected chi connectivity index (χ2v) is 55.6. The van der Waals surface area contributed by atoms with Crippen LogP contribution in [0.1, 0.15) is 359 Å². The van der Waals surface area contributed by atoms with Crippen molar-refractivity contribution in [2.24, 2.45) is 205 Å². The third-order valence-electron chi connectivity index (χ3n) is 48.1. The van der Waals surface area contributed by atoms with Crippen molar-refractivity contribution >= 4 is 40.3 Å². The summed E-state index contributed by atoms with van der Waals surface area (Å²) in [6.45, 7) is 13.8. The molecule has 148 heavy (non-hydrogen) atoms. The molecule has 31 heteroatoms. The second-order valence-electron chi connectivity index (χ2n) is 54.6. The van der Waals surface area contributed by atoms with Gasteiger partial charge >= 0.3 is 6.18 Å². The molecule has 818 valence electrons. The van der Waals surface area contributed by atoms with Gasteiger partial charge in [-0.05, 0) is 471 Å². The summed E-state index contributed by atoms with van der Waals surface area (Å²) in [7, 11) is 1.70. The summed E-state index contributed by atoms with van der Waals surface area (Å²) in [5.74, 6) is 19.8. The predicted octanol–water partition coefficient (Wildman–Crippen LogP) is 21.4. The van der Waals surface area contributed by atoms with Gasteiger partial charge in [-0.2, -0.15) is 33.6 Å². The number of carbonyl (C=O) groups is 5. The first-order chi connectivity index (χ1) is 70.7. The predicted molar refractivity (Wildman–Crippen MR) is 545 cm³/mol. The molecule has 24 nitrogen and oxygen atoms in total. The maximum atomic E-state index is 13.4. The number of H-pyrrole nitrogens is 4. The van der Waals surface area contributed by atoms with Gasteiger partial charge in [0.2, 0.25) is 0 Å². The Morgan fingerprint density at radius 3 is 0.959 bits per heavy atom. The molecule has 40 atom stereocenters. The van der Waals surface area contributed by atoms with E-state index in [4.69, 9.17) is 4.74 Å². The van der Waals surface area contributed by atoms with Crippen LogP contribution in [0.15, 0.2) is 36.9 Å². The number of hydrogen-bond donors (Lipinski definition) is 9. The lowest BCUT2D eigenvalue weighted by molar-refractivity contribution is -0.282. The van der Waals surface area contributed by atoms with Crippen LogP contribution in [-0.4, -0.2) is 181 Å². The van der Waals surface area contributed by atoms with E-state index in [0.29, 0.717) is 181 Å². The number of thiazole rings is 1. The minimum atomic E-state index is -4.54. The third kappa shape index (κ3) is 20.2. The molecule has 0 unspecified atom stereocenters. The van der Waals surface area contributed by atoms with Gasteiger partial charge in [-0.25, -0.2) is 38.1 Å². The molecular formula is C117H171F6N13O11S. The molecule has 0 saturated heterocycles. The van der Waals surface area contributed by atoms with Gasteiger partial charge < -0.3 is 30.3 Å². The fourth-order valence-electron chi connectivity index (χ4n) is 41.4. The number of methoxy groups -OCH3 is 1. The van der Waals surface area contributed by atoms with E-state index in [2.05, 4.69) is 100 Å². The van der Waals surface area contributed by atoms with Gasteiger partial charge in [-0.15, -0.1) is 11.3 Å². The van der Waals surface area contributed by atoms with E-state index in [1.165, 1.54) is 109 Å². The number of ether oxygens (including phenoxy) is 1. The molecule has 0 radical (unpaired) electrons. The van der Waals surface area contributed by atoms with Crippen LogP contribution in [0.2, 0.25) is 0 Å². The number of aromatic nitrogens is 13. The van der Waals surface area contributed by atoms with E-state index in [1.807, 2.05) is 18.5 Å². The molecule has 0 amide bonds. The molecule has 20 aliphatic carbocycles. The third-order valence-corrected chi connectivity index (χ3v) is 48.9. The van der Waals surface area contributed by atoms with Crippen molar-refractivity contribution in [2.75, 3.05) is 20.4 Å². The number of halogens is 6. The van der Waals surface area contributed by atoms with Crippen LogP contribution in [0.3, 0.4) is 0 Å². The highest BCUT2D eigenvalue weighted by Gasteiger charge is 2.68. The lowest BCUT2D eigenvalue weighted by atomic mass is 9.48. The average Bonchev–Trinajstić information content (AvgIpc) is 1.56. The zero-order valence-electron chi connectivity index (χ0n) is 89.0. The topological polar surface area (TPSA) is 375 Å². The lowest BCUT2D eigenvalue weighted by Crippen LogP contribution is -2.55. The lowest BCUT2D eigenvalue weighted by Gasteiger charge is -2.57. The summed E-state index contributed by atoms with van der Waals surface area (Å²) >= 11 is 1.62. The Morgan fingerprint density at radius 1 is 0.351 bits per heavy atom. The van der Waals surface area contributed by atoms with Crippen LogP contribution in [0, 0.1) is 205 Å². The normalized spacial score (nSPS) is 46.0. The van der Waals surface area contributed by atoms with Gasteiger partial charge in [-0.1, -0.05) is 34.6 Å². The zero-order chi connectivity index (χ0) is 104. The highest BCUT2D eigenvalue weighted by molar-refractivity contribution is 7.09. The molecule has 0 bridgehead atoms. The van der Waals surface area contributed by atoms with Crippen molar-refractivity contribution in [1.29, 1.82) is 0 Å². The molecule has 25 rings (SSSR count). The Hall–Kier alpha value is -6.12. The zero-order valence-corrected chi connectivity index (χ0v) is 89.8. The molecule has 0 spiro atoms. The van der Waals surface area contributed by atoms with Gasteiger partial charge in [0.15, 0.2) is 5.60 Å². The first-order valence-corrected chi connectivity index (χ1v) is 59.5. The number of rotatable bonds is 19. The van der Waals surface area contributed by atoms with Crippen LogP contribution in [0.5, 0.6) is 0 Å². The minimum absolute atomic E-state index is 0.0213. The van der Waals surface area contributed by atoms with Crippen LogP contribution in [0.25, 0.3) is 0 Å². The monoisotopic (exact) mass is 2080 g/mol. The number of alkyl halides is 6. The number of nitrogens with zero attached hydrogens (tertiary/aromatic N) is 9. The van der Waals surface area contributed by atoms with Gasteiger partial charge in [0, 0.05) is 48.3 Å². The molecule has 5 heterocycles. The number of hydrogen-bond acceptors (Lipinski definition) is 21. The van der Waals surface area contributed by atoms with Gasteiger partial charge in [0.25, 0.3) is 6.43 Å². The number of nitrogens with one attached hydrogen (secondary N) is 4. The van der Waals surface area contributed by atoms with Gasteiger partial charge in [-0.3, -0.25) is 44.4 Å². The SMILES string of the molecule is COC[C@@]1(O)CC[C@H]2[C@H](CC[C@@H]3[C@@H]2CC[C@]2(C)[C@@H](C(=O)Cc4ncn[nH]4)CC[C@@H]32)C1.C[C@@]1(O)CC[C@H]2[C@@H](CC[C@@H]3[C@@H]2CC[C@]2(C)[C@@H](C(=O)Cc4nccs4)CC[C@@H]32)C1.C[C@]12CC[C@H]3[C@@H](CC[C@@H]4C[C@@](O)(C(F)(F)F)CC[C@@H]43)[C@@H]1CC[C@@H]2C(=O)Cc1ncn[nH]1.C[C@]12CC[C@H]3[C@@H](CC[C@@H]4C[C@@](O)(C(F)F)CC[C@@H]43)[C@@H]1CC[C@@H]2C(=O)Cc1ncn[nH]1.C[C@]12CC[C@H]3[C@@H](CC[C@@H]4C[C@@](O)(CF)CC[C@@H]43)[C@@H]1CC[C@@H]2C(=O)Cc1ncn[nH]1. The largest absolute Gasteiger partial charge is 0.417 e. The van der Waals surface area contributed by atoms with Crippen molar-refractivity contribution in [3.8, 4) is 0 Å². The molecule has 20 saturated carbocycles. The Balaban J connectivity index is 0.000000108. The molecule has 0 aliphatic heterocycles. The van der Waals surface area contributed by atoms with Crippen LogP contribution in [0.4, 0.5) is 26.3 Å². The summed E-state index contributed by atoms with van der Waals surface area (Å²) in [6.07, 6.45) is 45.5. The summed E-state index contributed by atoms with van der Waals surface area (Å²) in [6, 6.07) is 0. The van der Waals surface area contributed by atoms with Crippen molar-refractivity contribution in [3.63, 3.8) is 0 Å². The molecule has 9 N–H and O–H groups in total. The fourth-order valence-corrected chi connectivity index (χ4v) is 42.1. The van der Waals surface area contributed by atoms with E-state index in [9.17, 15) is 75.8 Å². The molecule has 20 fully saturated rings. The van der Waals surface area contributed by atoms with Crippen molar-refractivity contribution in [2.45, 2.75) is 403 Å². The first kappa shape index (κ1) is 107. The Kier molecular flexibility index (Phi) is 30.6. The summed E-state index contributed by atoms with van der Waals surface area (Å²) in [5.41, 5.74) is -5.90. The molecular weight excluding hydrogens is 1910 g/mol. The number of aliphatic hydroxyl groups is 5. The molecule has 20 aliphatic rings. The quantitative estimate of drug-likeness (QED) is 0.0347. The summed E-state index contributed by atoms with van der Waals surface area (Å²) in [4.78, 5) is 86.6. The van der Waals surface area contributed by atoms with Crippen molar-refractivity contribution < 1.29 is 80.6 Å². The van der Waals surface area contributed by atoms with E-state index in [-0.39, 0.29) is 112 Å². The number of ketones is 5. The number of fused-ring (bicyclic) bond motifs is 25. The maximum Gasteiger partial charge on any atom is 0.417 e. The van der Waals surface area contributed by atoms with Crippen LogP contribution >= 0.6 is 11.3 Å². The maximum absolute atomic E-state index is 13.4. The first-order valence-electron chi connectivity index (χ1n) is 58.6.